The third-order valence-electron chi connectivity index (χ3n) is 5.08. The summed E-state index contributed by atoms with van der Waals surface area (Å²) in [6.07, 6.45) is 3.03. The van der Waals surface area contributed by atoms with Crippen LogP contribution < -0.4 is 5.73 Å². The van der Waals surface area contributed by atoms with Crippen molar-refractivity contribution in [2.24, 2.45) is 5.73 Å². The average Bonchev–Trinajstić information content (AvgIpc) is 3.73. The van der Waals surface area contributed by atoms with E-state index in [1.807, 2.05) is 0 Å². The number of nitrogens with two attached hydrogens (primary N) is 1. The van der Waals surface area contributed by atoms with E-state index in [2.05, 4.69) is 19.9 Å². The molecule has 0 saturated carbocycles. The summed E-state index contributed by atoms with van der Waals surface area (Å²) >= 11 is 7.10. The lowest BCUT2D eigenvalue weighted by atomic mass is 10.4. The van der Waals surface area contributed by atoms with Gasteiger partial charge in [-0.1, -0.05) is 24.4 Å². The van der Waals surface area contributed by atoms with E-state index in [0.29, 0.717) is 11.0 Å². The Balaban J connectivity index is 0.000000158. The van der Waals surface area contributed by atoms with Gasteiger partial charge in [0.2, 0.25) is 5.82 Å². The molecule has 0 bridgehead atoms. The molecule has 0 aliphatic heterocycles. The molecule has 0 aromatic carbocycles. The molecule has 0 radical (unpaired) electrons. The van der Waals surface area contributed by atoms with Crippen molar-refractivity contribution in [3.8, 4) is 6.07 Å². The van der Waals surface area contributed by atoms with Crippen LogP contribution in [0.3, 0.4) is 0 Å². The number of nitriles is 1. The van der Waals surface area contributed by atoms with Crippen molar-refractivity contribution in [1.29, 1.82) is 5.26 Å². The zero-order chi connectivity index (χ0) is 27.8. The van der Waals surface area contributed by atoms with Crippen LogP contribution in [0.5, 0.6) is 0 Å². The molecule has 196 valence electrons. The van der Waals surface area contributed by atoms with E-state index < -0.39 is 20.0 Å². The highest BCUT2D eigenvalue weighted by molar-refractivity contribution is 7.92. The quantitative estimate of drug-likeness (QED) is 0.282. The highest BCUT2D eigenvalue weighted by Crippen LogP contribution is 2.26. The fourth-order valence-electron chi connectivity index (χ4n) is 3.50. The van der Waals surface area contributed by atoms with Gasteiger partial charge in [-0.2, -0.15) is 27.1 Å². The SMILES string of the molecule is N#Cc1nc2ncccc2n1S(=O)(=O)c1cccs1.NC(=S)c1nc2ncccc2n1S(=O)(=O)c1cccs1. The van der Waals surface area contributed by atoms with Gasteiger partial charge in [-0.3, -0.25) is 0 Å². The van der Waals surface area contributed by atoms with E-state index in [1.165, 1.54) is 24.5 Å². The monoisotopic (exact) mass is 614 g/mol. The Morgan fingerprint density at radius 2 is 1.33 bits per heavy atom. The van der Waals surface area contributed by atoms with Crippen LogP contribution in [0, 0.1) is 11.3 Å². The van der Waals surface area contributed by atoms with Crippen LogP contribution in [0.25, 0.3) is 22.3 Å². The molecule has 39 heavy (non-hydrogen) atoms. The third-order valence-corrected chi connectivity index (χ3v) is 11.4. The Kier molecular flexibility index (Phi) is 6.96. The van der Waals surface area contributed by atoms with Crippen LogP contribution in [0.1, 0.15) is 11.6 Å². The molecular formula is C22H14N8O4S5. The van der Waals surface area contributed by atoms with Crippen molar-refractivity contribution >= 4 is 82.3 Å². The topological polar surface area (TPSA) is 180 Å². The van der Waals surface area contributed by atoms with E-state index in [0.717, 1.165) is 30.6 Å². The van der Waals surface area contributed by atoms with E-state index >= 15 is 0 Å². The summed E-state index contributed by atoms with van der Waals surface area (Å²) < 4.78 is 52.7. The van der Waals surface area contributed by atoms with Crippen LogP contribution in [0.2, 0.25) is 0 Å². The number of imidazole rings is 2. The van der Waals surface area contributed by atoms with E-state index in [4.69, 9.17) is 23.2 Å². The summed E-state index contributed by atoms with van der Waals surface area (Å²) in [4.78, 5) is 15.9. The van der Waals surface area contributed by atoms with Crippen molar-refractivity contribution in [1.82, 2.24) is 27.9 Å². The van der Waals surface area contributed by atoms with Crippen molar-refractivity contribution < 1.29 is 16.8 Å². The number of rotatable bonds is 5. The molecular weight excluding hydrogens is 601 g/mol. The summed E-state index contributed by atoms with van der Waals surface area (Å²) in [7, 11) is -7.60. The van der Waals surface area contributed by atoms with Crippen molar-refractivity contribution in [2.45, 2.75) is 8.42 Å². The first-order valence-corrected chi connectivity index (χ1v) is 15.7. The number of hydrogen-bond acceptors (Lipinski definition) is 12. The summed E-state index contributed by atoms with van der Waals surface area (Å²) in [5.74, 6) is -0.177. The van der Waals surface area contributed by atoms with Gasteiger partial charge in [0.05, 0.1) is 0 Å². The molecule has 0 saturated heterocycles. The van der Waals surface area contributed by atoms with Gasteiger partial charge >= 0.3 is 0 Å². The Hall–Kier alpha value is -4.08. The van der Waals surface area contributed by atoms with E-state index in [9.17, 15) is 16.8 Å². The van der Waals surface area contributed by atoms with Crippen LogP contribution in [0.4, 0.5) is 0 Å². The molecule has 6 heterocycles. The molecule has 17 heteroatoms. The number of nitrogens with zero attached hydrogens (tertiary/aromatic N) is 7. The predicted molar refractivity (Wildman–Crippen MR) is 149 cm³/mol. The maximum Gasteiger partial charge on any atom is 0.280 e. The fraction of sp³-hybridized carbons (Fsp3) is 0. The van der Waals surface area contributed by atoms with Crippen molar-refractivity contribution in [3.05, 3.63) is 83.3 Å². The minimum atomic E-state index is -3.81. The molecule has 6 rings (SSSR count). The zero-order valence-corrected chi connectivity index (χ0v) is 23.4. The molecule has 6 aromatic heterocycles. The second-order valence-electron chi connectivity index (χ2n) is 7.44. The molecule has 0 unspecified atom stereocenters. The highest BCUT2D eigenvalue weighted by atomic mass is 32.3. The second kappa shape index (κ2) is 10.2. The lowest BCUT2D eigenvalue weighted by molar-refractivity contribution is 0.588. The molecule has 0 spiro atoms. The normalized spacial score (nSPS) is 11.7. The van der Waals surface area contributed by atoms with E-state index in [1.54, 1.807) is 53.2 Å². The Labute approximate surface area is 234 Å². The molecule has 6 aromatic rings. The van der Waals surface area contributed by atoms with Crippen molar-refractivity contribution in [3.63, 3.8) is 0 Å². The molecule has 12 nitrogen and oxygen atoms in total. The highest BCUT2D eigenvalue weighted by Gasteiger charge is 2.27. The minimum absolute atomic E-state index is 0.0158. The largest absolute Gasteiger partial charge is 0.387 e. The Bertz CT molecular complexity index is 2090. The Morgan fingerprint density at radius 1 is 0.821 bits per heavy atom. The first-order chi connectivity index (χ1) is 18.7. The average molecular weight is 615 g/mol. The maximum absolute atomic E-state index is 12.7. The minimum Gasteiger partial charge on any atom is -0.387 e. The van der Waals surface area contributed by atoms with Crippen LogP contribution in [0.15, 0.2) is 80.1 Å². The smallest absolute Gasteiger partial charge is 0.280 e. The van der Waals surface area contributed by atoms with Gasteiger partial charge in [-0.05, 0) is 47.2 Å². The van der Waals surface area contributed by atoms with Crippen LogP contribution >= 0.6 is 34.9 Å². The summed E-state index contributed by atoms with van der Waals surface area (Å²) in [6, 6.07) is 14.5. The lowest BCUT2D eigenvalue weighted by Gasteiger charge is -2.07. The van der Waals surface area contributed by atoms with Crippen molar-refractivity contribution in [2.75, 3.05) is 0 Å². The van der Waals surface area contributed by atoms with Gasteiger partial charge in [0, 0.05) is 12.4 Å². The number of fused-ring (bicyclic) bond motifs is 2. The van der Waals surface area contributed by atoms with Crippen LogP contribution in [-0.4, -0.2) is 49.7 Å². The summed E-state index contributed by atoms with van der Waals surface area (Å²) in [5, 5.41) is 12.4. The molecule has 0 fully saturated rings. The number of pyridine rings is 2. The number of thiophene rings is 2. The van der Waals surface area contributed by atoms with Gasteiger partial charge in [0.1, 0.15) is 30.5 Å². The molecule has 0 aliphatic rings. The first kappa shape index (κ1) is 26.5. The van der Waals surface area contributed by atoms with Gasteiger partial charge in [-0.15, -0.1) is 22.7 Å². The summed E-state index contributed by atoms with van der Waals surface area (Å²) in [5.41, 5.74) is 6.76. The van der Waals surface area contributed by atoms with Crippen LogP contribution in [-0.2, 0) is 20.0 Å². The van der Waals surface area contributed by atoms with Gasteiger partial charge in [0.15, 0.2) is 17.1 Å². The van der Waals surface area contributed by atoms with Gasteiger partial charge in [0.25, 0.3) is 20.0 Å². The predicted octanol–water partition coefficient (Wildman–Crippen LogP) is 2.97. The fourth-order valence-corrected chi connectivity index (χ4v) is 8.68. The van der Waals surface area contributed by atoms with Gasteiger partial charge < -0.3 is 5.73 Å². The third kappa shape index (κ3) is 4.68. The molecule has 2 N–H and O–H groups in total. The first-order valence-electron chi connectivity index (χ1n) is 10.6. The lowest BCUT2D eigenvalue weighted by Crippen LogP contribution is -2.22. The maximum atomic E-state index is 12.7. The molecule has 0 aliphatic carbocycles. The molecule has 0 atom stereocenters. The van der Waals surface area contributed by atoms with Gasteiger partial charge in [-0.25, -0.2) is 22.9 Å². The standard InChI is InChI=1S/C11H8N4O2S3.C11H6N4O2S2/c12-9(18)11-14-10-7(3-1-5-13-10)15(11)20(16,17)8-4-2-6-19-8;12-7-9-14-11-8(3-1-5-13-11)15(9)19(16,17)10-4-2-6-18-10/h1-6H,(H2,12,18);1-6H. The number of thiocarbonyl (C=S) groups is 1. The zero-order valence-electron chi connectivity index (χ0n) is 19.3. The summed E-state index contributed by atoms with van der Waals surface area (Å²) in [6.45, 7) is 0. The molecule has 0 amide bonds. The Morgan fingerprint density at radius 3 is 1.82 bits per heavy atom. The second-order valence-corrected chi connectivity index (χ2v) is 13.8. The number of aromatic nitrogens is 6. The number of hydrogen-bond donors (Lipinski definition) is 1. The van der Waals surface area contributed by atoms with E-state index in [-0.39, 0.29) is 36.4 Å².